The fraction of sp³-hybridized carbons (Fsp3) is 0.600. The maximum Gasteiger partial charge on any atom is 0.0607 e. The normalized spacial score (nSPS) is 20.3. The SMILES string of the molecule is CC(C)C1CNCCN1c1ccccc1N(C)C. The van der Waals surface area contributed by atoms with Crippen LogP contribution < -0.4 is 15.1 Å². The molecule has 0 aromatic heterocycles. The largest absolute Gasteiger partial charge is 0.376 e. The molecule has 1 aromatic rings. The second kappa shape index (κ2) is 5.61. The lowest BCUT2D eigenvalue weighted by Gasteiger charge is -2.41. The number of anilines is 2. The molecule has 2 rings (SSSR count). The van der Waals surface area contributed by atoms with Crippen molar-refractivity contribution in [3.8, 4) is 0 Å². The van der Waals surface area contributed by atoms with E-state index < -0.39 is 0 Å². The summed E-state index contributed by atoms with van der Waals surface area (Å²) >= 11 is 0. The molecule has 0 amide bonds. The van der Waals surface area contributed by atoms with Crippen molar-refractivity contribution in [2.75, 3.05) is 43.5 Å². The fourth-order valence-corrected chi connectivity index (χ4v) is 2.71. The van der Waals surface area contributed by atoms with E-state index in [9.17, 15) is 0 Å². The van der Waals surface area contributed by atoms with E-state index >= 15 is 0 Å². The Morgan fingerprint density at radius 2 is 2.00 bits per heavy atom. The van der Waals surface area contributed by atoms with Gasteiger partial charge in [0, 0.05) is 39.8 Å². The molecule has 1 fully saturated rings. The van der Waals surface area contributed by atoms with Crippen LogP contribution in [0.15, 0.2) is 24.3 Å². The van der Waals surface area contributed by atoms with Gasteiger partial charge >= 0.3 is 0 Å². The zero-order chi connectivity index (χ0) is 13.1. The van der Waals surface area contributed by atoms with Gasteiger partial charge in [0.15, 0.2) is 0 Å². The van der Waals surface area contributed by atoms with Gasteiger partial charge in [-0.1, -0.05) is 26.0 Å². The van der Waals surface area contributed by atoms with Crippen molar-refractivity contribution in [1.29, 1.82) is 0 Å². The van der Waals surface area contributed by atoms with Gasteiger partial charge in [0.05, 0.1) is 11.4 Å². The molecule has 1 unspecified atom stereocenters. The Morgan fingerprint density at radius 3 is 2.67 bits per heavy atom. The predicted octanol–water partition coefficient (Wildman–Crippen LogP) is 2.19. The number of nitrogens with one attached hydrogen (secondary N) is 1. The lowest BCUT2D eigenvalue weighted by Crippen LogP contribution is -2.54. The monoisotopic (exact) mass is 247 g/mol. The van der Waals surface area contributed by atoms with Crippen LogP contribution in [0.4, 0.5) is 11.4 Å². The molecular formula is C15H25N3. The van der Waals surface area contributed by atoms with E-state index in [2.05, 4.69) is 67.3 Å². The second-order valence-electron chi connectivity index (χ2n) is 5.59. The van der Waals surface area contributed by atoms with Gasteiger partial charge in [-0.3, -0.25) is 0 Å². The van der Waals surface area contributed by atoms with Crippen LogP contribution in [0, 0.1) is 5.92 Å². The van der Waals surface area contributed by atoms with Crippen molar-refractivity contribution in [3.05, 3.63) is 24.3 Å². The number of rotatable bonds is 3. The van der Waals surface area contributed by atoms with Crippen LogP contribution >= 0.6 is 0 Å². The highest BCUT2D eigenvalue weighted by molar-refractivity contribution is 5.71. The molecule has 100 valence electrons. The van der Waals surface area contributed by atoms with E-state index in [1.54, 1.807) is 0 Å². The van der Waals surface area contributed by atoms with Gasteiger partial charge in [0.1, 0.15) is 0 Å². The summed E-state index contributed by atoms with van der Waals surface area (Å²) in [6.07, 6.45) is 0. The molecule has 1 aliphatic rings. The van der Waals surface area contributed by atoms with Crippen molar-refractivity contribution in [2.24, 2.45) is 5.92 Å². The quantitative estimate of drug-likeness (QED) is 0.883. The Balaban J connectivity index is 2.33. The Morgan fingerprint density at radius 1 is 1.28 bits per heavy atom. The molecule has 1 N–H and O–H groups in total. The third-order valence-electron chi connectivity index (χ3n) is 3.73. The number of hydrogen-bond donors (Lipinski definition) is 1. The number of para-hydroxylation sites is 2. The minimum Gasteiger partial charge on any atom is -0.376 e. The van der Waals surface area contributed by atoms with Crippen LogP contribution in [-0.2, 0) is 0 Å². The fourth-order valence-electron chi connectivity index (χ4n) is 2.71. The lowest BCUT2D eigenvalue weighted by atomic mass is 9.99. The first-order valence-corrected chi connectivity index (χ1v) is 6.85. The molecule has 0 spiro atoms. The molecule has 3 heteroatoms. The number of nitrogens with zero attached hydrogens (tertiary/aromatic N) is 2. The summed E-state index contributed by atoms with van der Waals surface area (Å²) < 4.78 is 0. The Labute approximate surface area is 111 Å². The summed E-state index contributed by atoms with van der Waals surface area (Å²) in [5.74, 6) is 0.660. The molecule has 1 aliphatic heterocycles. The van der Waals surface area contributed by atoms with Crippen molar-refractivity contribution in [2.45, 2.75) is 19.9 Å². The second-order valence-corrected chi connectivity index (χ2v) is 5.59. The average Bonchev–Trinajstić information content (AvgIpc) is 2.38. The van der Waals surface area contributed by atoms with Gasteiger partial charge in [0.25, 0.3) is 0 Å². The van der Waals surface area contributed by atoms with Crippen molar-refractivity contribution in [3.63, 3.8) is 0 Å². The van der Waals surface area contributed by atoms with Gasteiger partial charge in [-0.25, -0.2) is 0 Å². The molecule has 18 heavy (non-hydrogen) atoms. The standard InChI is InChI=1S/C15H25N3/c1-12(2)15-11-16-9-10-18(15)14-8-6-5-7-13(14)17(3)4/h5-8,12,15-16H,9-11H2,1-4H3. The molecule has 0 bridgehead atoms. The van der Waals surface area contributed by atoms with E-state index in [-0.39, 0.29) is 0 Å². The first-order valence-electron chi connectivity index (χ1n) is 6.85. The number of benzene rings is 1. The van der Waals surface area contributed by atoms with Crippen LogP contribution in [-0.4, -0.2) is 39.8 Å². The molecule has 0 aliphatic carbocycles. The highest BCUT2D eigenvalue weighted by Gasteiger charge is 2.26. The van der Waals surface area contributed by atoms with Gasteiger partial charge < -0.3 is 15.1 Å². The molecule has 0 radical (unpaired) electrons. The number of hydrogen-bond acceptors (Lipinski definition) is 3. The molecule has 1 heterocycles. The van der Waals surface area contributed by atoms with Crippen molar-refractivity contribution >= 4 is 11.4 Å². The van der Waals surface area contributed by atoms with E-state index in [4.69, 9.17) is 0 Å². The van der Waals surface area contributed by atoms with Gasteiger partial charge in [-0.15, -0.1) is 0 Å². The van der Waals surface area contributed by atoms with Crippen molar-refractivity contribution in [1.82, 2.24) is 5.32 Å². The summed E-state index contributed by atoms with van der Waals surface area (Å²) in [7, 11) is 4.23. The van der Waals surface area contributed by atoms with Gasteiger partial charge in [-0.2, -0.15) is 0 Å². The average molecular weight is 247 g/mol. The Hall–Kier alpha value is -1.22. The molecule has 1 atom stereocenters. The number of piperazine rings is 1. The first kappa shape index (κ1) is 13.2. The summed E-state index contributed by atoms with van der Waals surface area (Å²) in [5, 5.41) is 3.51. The van der Waals surface area contributed by atoms with Gasteiger partial charge in [0.2, 0.25) is 0 Å². The zero-order valence-corrected chi connectivity index (χ0v) is 12.0. The van der Waals surface area contributed by atoms with Crippen LogP contribution in [0.2, 0.25) is 0 Å². The minimum absolute atomic E-state index is 0.583. The third kappa shape index (κ3) is 2.61. The maximum absolute atomic E-state index is 3.51. The Bertz CT molecular complexity index is 387. The topological polar surface area (TPSA) is 18.5 Å². The molecule has 1 aromatic carbocycles. The smallest absolute Gasteiger partial charge is 0.0607 e. The summed E-state index contributed by atoms with van der Waals surface area (Å²) in [4.78, 5) is 4.77. The van der Waals surface area contributed by atoms with Crippen molar-refractivity contribution < 1.29 is 0 Å². The molecular weight excluding hydrogens is 222 g/mol. The van der Waals surface area contributed by atoms with Crippen LogP contribution in [0.25, 0.3) is 0 Å². The predicted molar refractivity (Wildman–Crippen MR) is 79.6 cm³/mol. The Kier molecular flexibility index (Phi) is 4.12. The summed E-state index contributed by atoms with van der Waals surface area (Å²) in [6, 6.07) is 9.29. The van der Waals surface area contributed by atoms with E-state index in [1.807, 2.05) is 0 Å². The third-order valence-corrected chi connectivity index (χ3v) is 3.73. The zero-order valence-electron chi connectivity index (χ0n) is 12.0. The van der Waals surface area contributed by atoms with Gasteiger partial charge in [-0.05, 0) is 18.1 Å². The molecule has 1 saturated heterocycles. The first-order chi connectivity index (χ1) is 8.61. The van der Waals surface area contributed by atoms with E-state index in [0.29, 0.717) is 12.0 Å². The maximum atomic E-state index is 3.51. The summed E-state index contributed by atoms with van der Waals surface area (Å²) in [5.41, 5.74) is 2.67. The molecule has 0 saturated carbocycles. The van der Waals surface area contributed by atoms with Crippen LogP contribution in [0.1, 0.15) is 13.8 Å². The van der Waals surface area contributed by atoms with Crippen LogP contribution in [0.5, 0.6) is 0 Å². The van der Waals surface area contributed by atoms with Crippen LogP contribution in [0.3, 0.4) is 0 Å². The highest BCUT2D eigenvalue weighted by atomic mass is 15.2. The molecule has 3 nitrogen and oxygen atoms in total. The lowest BCUT2D eigenvalue weighted by molar-refractivity contribution is 0.390. The minimum atomic E-state index is 0.583. The summed E-state index contributed by atoms with van der Waals surface area (Å²) in [6.45, 7) is 7.87. The highest BCUT2D eigenvalue weighted by Crippen LogP contribution is 2.31. The van der Waals surface area contributed by atoms with E-state index in [1.165, 1.54) is 11.4 Å². The van der Waals surface area contributed by atoms with E-state index in [0.717, 1.165) is 19.6 Å².